The number of fused-ring (bicyclic) bond motifs is 1. The van der Waals surface area contributed by atoms with Gasteiger partial charge in [-0.3, -0.25) is 4.79 Å². The first-order valence-electron chi connectivity index (χ1n) is 6.50. The summed E-state index contributed by atoms with van der Waals surface area (Å²) in [5.41, 5.74) is 1.87. The van der Waals surface area contributed by atoms with Gasteiger partial charge in [-0.1, -0.05) is 12.1 Å². The van der Waals surface area contributed by atoms with Crippen LogP contribution in [0, 0.1) is 0 Å². The molecule has 1 fully saturated rings. The normalized spacial score (nSPS) is 22.4. The zero-order valence-electron chi connectivity index (χ0n) is 10.5. The van der Waals surface area contributed by atoms with Crippen molar-refractivity contribution in [3.8, 4) is 0 Å². The number of aliphatic hydroxyl groups excluding tert-OH is 1. The average Bonchev–Trinajstić information content (AvgIpc) is 2.70. The summed E-state index contributed by atoms with van der Waals surface area (Å²) < 4.78 is 1.99. The predicted octanol–water partition coefficient (Wildman–Crippen LogP) is 1.75. The summed E-state index contributed by atoms with van der Waals surface area (Å²) in [4.78, 5) is 15.4. The first-order chi connectivity index (χ1) is 9.15. The smallest absolute Gasteiger partial charge is 0.305 e. The number of hydrogen-bond acceptors (Lipinski definition) is 3. The summed E-state index contributed by atoms with van der Waals surface area (Å²) in [6.45, 7) is 0.428. The largest absolute Gasteiger partial charge is 0.481 e. The molecule has 5 nitrogen and oxygen atoms in total. The molecule has 1 aliphatic rings. The van der Waals surface area contributed by atoms with Crippen LogP contribution >= 0.6 is 0 Å². The molecule has 1 aromatic heterocycles. The number of imidazole rings is 1. The van der Waals surface area contributed by atoms with Gasteiger partial charge in [-0.25, -0.2) is 4.98 Å². The molecule has 0 spiro atoms. The zero-order valence-corrected chi connectivity index (χ0v) is 10.5. The van der Waals surface area contributed by atoms with Crippen LogP contribution in [0.5, 0.6) is 0 Å². The van der Waals surface area contributed by atoms with Crippen LogP contribution in [0.2, 0.25) is 0 Å². The highest BCUT2D eigenvalue weighted by atomic mass is 16.4. The van der Waals surface area contributed by atoms with Gasteiger partial charge in [0.2, 0.25) is 0 Å². The van der Waals surface area contributed by atoms with Gasteiger partial charge < -0.3 is 14.8 Å². The van der Waals surface area contributed by atoms with Crippen molar-refractivity contribution < 1.29 is 15.0 Å². The van der Waals surface area contributed by atoms with Gasteiger partial charge in [0.15, 0.2) is 0 Å². The molecule has 0 amide bonds. The Kier molecular flexibility index (Phi) is 2.98. The lowest BCUT2D eigenvalue weighted by molar-refractivity contribution is -0.137. The van der Waals surface area contributed by atoms with E-state index < -0.39 is 5.97 Å². The van der Waals surface area contributed by atoms with Crippen molar-refractivity contribution in [2.45, 2.75) is 37.8 Å². The number of rotatable bonds is 4. The molecule has 0 radical (unpaired) electrons. The SMILES string of the molecule is O=C(O)CCn1c(C2CC(O)C2)nc2ccccc21. The molecule has 0 aliphatic heterocycles. The van der Waals surface area contributed by atoms with Gasteiger partial charge in [0.1, 0.15) is 5.82 Å². The number of aryl methyl sites for hydroxylation is 1. The molecule has 1 saturated carbocycles. The topological polar surface area (TPSA) is 75.3 Å². The van der Waals surface area contributed by atoms with Crippen molar-refractivity contribution in [2.75, 3.05) is 0 Å². The number of aromatic nitrogens is 2. The van der Waals surface area contributed by atoms with E-state index in [1.807, 2.05) is 28.8 Å². The minimum atomic E-state index is -0.808. The van der Waals surface area contributed by atoms with Crippen LogP contribution < -0.4 is 0 Å². The third kappa shape index (κ3) is 2.21. The van der Waals surface area contributed by atoms with Crippen LogP contribution in [0.25, 0.3) is 11.0 Å². The van der Waals surface area contributed by atoms with Crippen LogP contribution in [0.4, 0.5) is 0 Å². The first-order valence-corrected chi connectivity index (χ1v) is 6.50. The summed E-state index contributed by atoms with van der Waals surface area (Å²) in [5.74, 6) is 0.348. The molecule has 1 aliphatic carbocycles. The minimum Gasteiger partial charge on any atom is -0.481 e. The Morgan fingerprint density at radius 3 is 2.79 bits per heavy atom. The Hall–Kier alpha value is -1.88. The minimum absolute atomic E-state index is 0.0859. The quantitative estimate of drug-likeness (QED) is 0.878. The fourth-order valence-electron chi connectivity index (χ4n) is 2.65. The Morgan fingerprint density at radius 1 is 1.37 bits per heavy atom. The van der Waals surface area contributed by atoms with Gasteiger partial charge in [-0.2, -0.15) is 0 Å². The van der Waals surface area contributed by atoms with E-state index in [0.29, 0.717) is 6.54 Å². The van der Waals surface area contributed by atoms with Gasteiger partial charge in [0.05, 0.1) is 23.6 Å². The lowest BCUT2D eigenvalue weighted by Crippen LogP contribution is -2.29. The molecule has 19 heavy (non-hydrogen) atoms. The molecule has 100 valence electrons. The summed E-state index contributed by atoms with van der Waals surface area (Å²) in [6, 6.07) is 7.75. The van der Waals surface area contributed by atoms with Crippen LogP contribution in [0.1, 0.15) is 31.0 Å². The second kappa shape index (κ2) is 4.66. The summed E-state index contributed by atoms with van der Waals surface area (Å²) in [7, 11) is 0. The van der Waals surface area contributed by atoms with E-state index >= 15 is 0 Å². The van der Waals surface area contributed by atoms with Crippen molar-refractivity contribution in [1.29, 1.82) is 0 Å². The molecular formula is C14H16N2O3. The standard InChI is InChI=1S/C14H16N2O3/c17-10-7-9(8-10)14-15-11-3-1-2-4-12(11)16(14)6-5-13(18)19/h1-4,9-10,17H,5-8H2,(H,18,19). The second-order valence-corrected chi connectivity index (χ2v) is 5.08. The van der Waals surface area contributed by atoms with Crippen molar-refractivity contribution in [1.82, 2.24) is 9.55 Å². The summed E-state index contributed by atoms with van der Waals surface area (Å²) in [6.07, 6.45) is 1.29. The fourth-order valence-corrected chi connectivity index (χ4v) is 2.65. The predicted molar refractivity (Wildman–Crippen MR) is 70.0 cm³/mol. The maximum Gasteiger partial charge on any atom is 0.305 e. The fraction of sp³-hybridized carbons (Fsp3) is 0.429. The Balaban J connectivity index is 1.98. The van der Waals surface area contributed by atoms with Crippen molar-refractivity contribution >= 4 is 17.0 Å². The van der Waals surface area contributed by atoms with E-state index in [4.69, 9.17) is 5.11 Å². The molecule has 3 rings (SSSR count). The van der Waals surface area contributed by atoms with Gasteiger partial charge in [0.25, 0.3) is 0 Å². The van der Waals surface area contributed by atoms with Gasteiger partial charge in [0, 0.05) is 12.5 Å². The molecule has 0 bridgehead atoms. The number of aliphatic carboxylic acids is 1. The summed E-state index contributed by atoms with van der Waals surface area (Å²) in [5, 5.41) is 18.3. The van der Waals surface area contributed by atoms with E-state index in [1.165, 1.54) is 0 Å². The molecule has 1 aromatic carbocycles. The zero-order chi connectivity index (χ0) is 13.4. The van der Waals surface area contributed by atoms with Crippen LogP contribution in [0.3, 0.4) is 0 Å². The number of hydrogen-bond donors (Lipinski definition) is 2. The van der Waals surface area contributed by atoms with Crippen molar-refractivity contribution in [2.24, 2.45) is 0 Å². The third-order valence-electron chi connectivity index (χ3n) is 3.71. The van der Waals surface area contributed by atoms with E-state index in [2.05, 4.69) is 4.98 Å². The molecule has 1 heterocycles. The highest BCUT2D eigenvalue weighted by Gasteiger charge is 2.32. The molecule has 0 saturated heterocycles. The maximum absolute atomic E-state index is 10.8. The molecular weight excluding hydrogens is 244 g/mol. The van der Waals surface area contributed by atoms with E-state index in [0.717, 1.165) is 29.7 Å². The number of nitrogens with zero attached hydrogens (tertiary/aromatic N) is 2. The number of carbonyl (C=O) groups is 1. The first kappa shape index (κ1) is 12.2. The lowest BCUT2D eigenvalue weighted by atomic mass is 9.82. The van der Waals surface area contributed by atoms with E-state index in [-0.39, 0.29) is 18.4 Å². The average molecular weight is 260 g/mol. The highest BCUT2D eigenvalue weighted by molar-refractivity contribution is 5.76. The van der Waals surface area contributed by atoms with Crippen LogP contribution in [0.15, 0.2) is 24.3 Å². The van der Waals surface area contributed by atoms with E-state index in [1.54, 1.807) is 0 Å². The Labute approximate surface area is 110 Å². The number of carboxylic acids is 1. The number of benzene rings is 1. The monoisotopic (exact) mass is 260 g/mol. The summed E-state index contributed by atoms with van der Waals surface area (Å²) >= 11 is 0. The molecule has 2 aromatic rings. The Morgan fingerprint density at radius 2 is 2.11 bits per heavy atom. The maximum atomic E-state index is 10.8. The lowest BCUT2D eigenvalue weighted by Gasteiger charge is -2.31. The van der Waals surface area contributed by atoms with Gasteiger partial charge in [-0.15, -0.1) is 0 Å². The highest BCUT2D eigenvalue weighted by Crippen LogP contribution is 2.37. The molecule has 0 atom stereocenters. The number of para-hydroxylation sites is 2. The van der Waals surface area contributed by atoms with Crippen LogP contribution in [-0.2, 0) is 11.3 Å². The second-order valence-electron chi connectivity index (χ2n) is 5.08. The van der Waals surface area contributed by atoms with Gasteiger partial charge >= 0.3 is 5.97 Å². The van der Waals surface area contributed by atoms with Gasteiger partial charge in [-0.05, 0) is 25.0 Å². The molecule has 2 N–H and O–H groups in total. The van der Waals surface area contributed by atoms with Crippen molar-refractivity contribution in [3.05, 3.63) is 30.1 Å². The van der Waals surface area contributed by atoms with Crippen molar-refractivity contribution in [3.63, 3.8) is 0 Å². The third-order valence-corrected chi connectivity index (χ3v) is 3.71. The Bertz CT molecular complexity index is 614. The number of carboxylic acid groups (broad SMARTS) is 1. The van der Waals surface area contributed by atoms with E-state index in [9.17, 15) is 9.90 Å². The molecule has 5 heteroatoms. The molecule has 0 unspecified atom stereocenters. The van der Waals surface area contributed by atoms with Crippen LogP contribution in [-0.4, -0.2) is 31.8 Å². The number of aliphatic hydroxyl groups is 1.